The molecule has 0 aromatic rings. The largest absolute Gasteiger partial charge is 1.00 e. The summed E-state index contributed by atoms with van der Waals surface area (Å²) >= 11 is 0. The Kier molecular flexibility index (Phi) is 6.18. The van der Waals surface area contributed by atoms with Crippen molar-refractivity contribution in [3.8, 4) is 0 Å². The molecule has 0 aliphatic heterocycles. The van der Waals surface area contributed by atoms with E-state index >= 15 is 0 Å². The van der Waals surface area contributed by atoms with E-state index in [1.165, 1.54) is 0 Å². The Morgan fingerprint density at radius 1 is 1.00 bits per heavy atom. The molecule has 0 unspecified atom stereocenters. The quantitative estimate of drug-likeness (QED) is 0.248. The van der Waals surface area contributed by atoms with Crippen LogP contribution in [0, 0.1) is 0 Å². The maximum Gasteiger partial charge on any atom is 1.00 e. The van der Waals surface area contributed by atoms with Crippen LogP contribution in [0.4, 0.5) is 0 Å². The molecule has 3 N–H and O–H groups in total. The van der Waals surface area contributed by atoms with E-state index in [4.69, 9.17) is 14.3 Å². The summed E-state index contributed by atoms with van der Waals surface area (Å²) in [6, 6.07) is 0. The van der Waals surface area contributed by atoms with Gasteiger partial charge in [-0.2, -0.15) is 16.8 Å². The van der Waals surface area contributed by atoms with Gasteiger partial charge in [0, 0.05) is 0 Å². The summed E-state index contributed by atoms with van der Waals surface area (Å²) < 4.78 is 52.6. The Morgan fingerprint density at radius 3 is 1.18 bits per heavy atom. The smallest absolute Gasteiger partial charge is 1.00 e. The van der Waals surface area contributed by atoms with Crippen LogP contribution in [0.2, 0.25) is 0 Å². The average molecular weight is 233 g/mol. The van der Waals surface area contributed by atoms with E-state index in [0.29, 0.717) is 0 Å². The topological polar surface area (TPSA) is 132 Å². The van der Waals surface area contributed by atoms with Gasteiger partial charge in [-0.1, -0.05) is 0 Å². The SMILES string of the molecule is O=S(=O)(O)N(O)S(=O)(=O)O.[H-].[K+]. The summed E-state index contributed by atoms with van der Waals surface area (Å²) in [4.78, 5) is 0. The van der Waals surface area contributed by atoms with Crippen molar-refractivity contribution in [3.05, 3.63) is 0 Å². The molecule has 0 saturated carbocycles. The summed E-state index contributed by atoms with van der Waals surface area (Å²) in [6.07, 6.45) is 0. The van der Waals surface area contributed by atoms with Gasteiger partial charge in [0.25, 0.3) is 0 Å². The monoisotopic (exact) mass is 233 g/mol. The molecular formula is H4KNO7S2. The molecule has 0 atom stereocenters. The standard InChI is InChI=1S/K.H3NO7S2.H/c;2-1(9(3,4)5)10(6,7)8;/h;2H,(H,3,4,5)(H,6,7,8);/q+1;;-1. The van der Waals surface area contributed by atoms with E-state index in [0.717, 1.165) is 0 Å². The number of nitrogens with zero attached hydrogens (tertiary/aromatic N) is 1. The van der Waals surface area contributed by atoms with Crippen LogP contribution < -0.4 is 51.4 Å². The first-order valence-electron chi connectivity index (χ1n) is 1.60. The summed E-state index contributed by atoms with van der Waals surface area (Å²) in [5.74, 6) is 0. The molecule has 0 spiro atoms. The maximum atomic E-state index is 9.67. The molecule has 11 heteroatoms. The summed E-state index contributed by atoms with van der Waals surface area (Å²) in [6.45, 7) is 0. The van der Waals surface area contributed by atoms with E-state index in [1.807, 2.05) is 0 Å². The van der Waals surface area contributed by atoms with Gasteiger partial charge >= 0.3 is 72.0 Å². The van der Waals surface area contributed by atoms with Gasteiger partial charge in [0.15, 0.2) is 0 Å². The first kappa shape index (κ1) is 14.9. The second kappa shape index (κ2) is 4.57. The zero-order valence-electron chi connectivity index (χ0n) is 6.24. The minimum atomic E-state index is -5.31. The Morgan fingerprint density at radius 2 is 1.18 bits per heavy atom. The molecule has 0 aliphatic rings. The van der Waals surface area contributed by atoms with Gasteiger partial charge in [-0.25, -0.2) is 0 Å². The Balaban J connectivity index is -0.000000405. The van der Waals surface area contributed by atoms with E-state index < -0.39 is 24.5 Å². The van der Waals surface area contributed by atoms with Crippen molar-refractivity contribution in [2.24, 2.45) is 0 Å². The van der Waals surface area contributed by atoms with E-state index in [2.05, 4.69) is 0 Å². The van der Waals surface area contributed by atoms with Gasteiger partial charge in [0.1, 0.15) is 0 Å². The van der Waals surface area contributed by atoms with Crippen molar-refractivity contribution < 1.29 is 84.0 Å². The van der Waals surface area contributed by atoms with Crippen LogP contribution >= 0.6 is 0 Å². The average Bonchev–Trinajstić information content (AvgIpc) is 1.59. The van der Waals surface area contributed by atoms with E-state index in [9.17, 15) is 16.8 Å². The van der Waals surface area contributed by atoms with Crippen molar-refractivity contribution in [1.82, 2.24) is 3.87 Å². The summed E-state index contributed by atoms with van der Waals surface area (Å²) in [7, 11) is -10.6. The minimum Gasteiger partial charge on any atom is -1.00 e. The normalized spacial score (nSPS) is 12.7. The van der Waals surface area contributed by atoms with Crippen molar-refractivity contribution >= 4 is 20.6 Å². The first-order chi connectivity index (χ1) is 4.15. The molecule has 64 valence electrons. The number of rotatable bonds is 2. The summed E-state index contributed by atoms with van der Waals surface area (Å²) in [5, 5.41) is 7.88. The minimum absolute atomic E-state index is 0. The third kappa shape index (κ3) is 5.59. The van der Waals surface area contributed by atoms with Crippen LogP contribution in [-0.2, 0) is 20.6 Å². The third-order valence-corrected chi connectivity index (χ3v) is 2.31. The van der Waals surface area contributed by atoms with Crippen LogP contribution in [0.15, 0.2) is 0 Å². The molecule has 0 aromatic carbocycles. The van der Waals surface area contributed by atoms with E-state index in [-0.39, 0.29) is 52.8 Å². The van der Waals surface area contributed by atoms with Crippen LogP contribution in [0.5, 0.6) is 0 Å². The Hall–Kier alpha value is 1.38. The van der Waals surface area contributed by atoms with Gasteiger partial charge in [-0.15, -0.1) is 0 Å². The van der Waals surface area contributed by atoms with Gasteiger partial charge in [0.05, 0.1) is 3.87 Å². The van der Waals surface area contributed by atoms with Crippen molar-refractivity contribution in [2.45, 2.75) is 0 Å². The molecule has 0 aromatic heterocycles. The molecule has 11 heavy (non-hydrogen) atoms. The van der Waals surface area contributed by atoms with Gasteiger partial charge in [-0.05, 0) is 0 Å². The van der Waals surface area contributed by atoms with Crippen molar-refractivity contribution in [1.29, 1.82) is 0 Å². The first-order valence-corrected chi connectivity index (χ1v) is 4.39. The molecule has 0 heterocycles. The molecule has 0 amide bonds. The molecule has 0 rings (SSSR count). The van der Waals surface area contributed by atoms with Gasteiger partial charge in [-0.3, -0.25) is 14.3 Å². The Bertz CT molecular complexity index is 270. The molecule has 8 nitrogen and oxygen atoms in total. The third-order valence-electron chi connectivity index (χ3n) is 0.395. The van der Waals surface area contributed by atoms with Gasteiger partial charge in [0.2, 0.25) is 0 Å². The van der Waals surface area contributed by atoms with E-state index in [1.54, 1.807) is 0 Å². The molecular weight excluding hydrogens is 229 g/mol. The fraction of sp³-hybridized carbons (Fsp3) is 0. The van der Waals surface area contributed by atoms with Crippen LogP contribution in [0.1, 0.15) is 1.43 Å². The van der Waals surface area contributed by atoms with Crippen molar-refractivity contribution in [2.75, 3.05) is 0 Å². The second-order valence-electron chi connectivity index (χ2n) is 1.13. The predicted octanol–water partition coefficient (Wildman–Crippen LogP) is -4.60. The fourth-order valence-corrected chi connectivity index (χ4v) is 1.07. The van der Waals surface area contributed by atoms with Crippen molar-refractivity contribution in [3.63, 3.8) is 0 Å². The fourth-order valence-electron chi connectivity index (χ4n) is 0.119. The Labute approximate surface area is 107 Å². The number of hydrogen-bond donors (Lipinski definition) is 3. The predicted molar refractivity (Wildman–Crippen MR) is 27.8 cm³/mol. The molecule has 0 bridgehead atoms. The number of hydrogen-bond acceptors (Lipinski definition) is 5. The molecule has 0 fully saturated rings. The van der Waals surface area contributed by atoms with Crippen LogP contribution in [-0.4, -0.2) is 35.0 Å². The van der Waals surface area contributed by atoms with Crippen LogP contribution in [0.3, 0.4) is 0 Å². The summed E-state index contributed by atoms with van der Waals surface area (Å²) in [5.41, 5.74) is 0. The zero-order chi connectivity index (χ0) is 8.58. The molecule has 0 radical (unpaired) electrons. The molecule has 0 aliphatic carbocycles. The van der Waals surface area contributed by atoms with Gasteiger partial charge < -0.3 is 1.43 Å². The molecule has 0 saturated heterocycles. The maximum absolute atomic E-state index is 9.67. The second-order valence-corrected chi connectivity index (χ2v) is 3.85. The zero-order valence-corrected chi connectivity index (χ0v) is 9.99. The van der Waals surface area contributed by atoms with Crippen LogP contribution in [0.25, 0.3) is 0 Å².